The van der Waals surface area contributed by atoms with Crippen LogP contribution in [0.2, 0.25) is 0 Å². The van der Waals surface area contributed by atoms with Crippen LogP contribution in [0.4, 0.5) is 4.39 Å². The molecule has 1 heterocycles. The molecular weight excluding hydrogens is 277 g/mol. The minimum absolute atomic E-state index is 0.154. The van der Waals surface area contributed by atoms with Gasteiger partial charge in [-0.05, 0) is 55.8 Å². The fourth-order valence-corrected chi connectivity index (χ4v) is 4.19. The minimum atomic E-state index is -0.154. The van der Waals surface area contributed by atoms with E-state index in [1.165, 1.54) is 50.6 Å². The van der Waals surface area contributed by atoms with Crippen LogP contribution in [-0.4, -0.2) is 37.2 Å². The van der Waals surface area contributed by atoms with E-state index in [0.29, 0.717) is 12.0 Å². The lowest BCUT2D eigenvalue weighted by Crippen LogP contribution is -2.50. The summed E-state index contributed by atoms with van der Waals surface area (Å²) in [5.41, 5.74) is 1.22. The first kappa shape index (κ1) is 15.9. The van der Waals surface area contributed by atoms with Gasteiger partial charge in [0.2, 0.25) is 0 Å². The van der Waals surface area contributed by atoms with Crippen molar-refractivity contribution in [2.24, 2.45) is 5.92 Å². The van der Waals surface area contributed by atoms with Crippen LogP contribution in [0.25, 0.3) is 0 Å². The molecule has 1 aromatic carbocycles. The molecule has 0 aromatic heterocycles. The monoisotopic (exact) mass is 305 g/mol. The van der Waals surface area contributed by atoms with E-state index in [0.717, 1.165) is 19.0 Å². The fourth-order valence-electron chi connectivity index (χ4n) is 4.19. The van der Waals surface area contributed by atoms with Gasteiger partial charge in [-0.15, -0.1) is 0 Å². The first-order chi connectivity index (χ1) is 10.8. The third-order valence-corrected chi connectivity index (χ3v) is 5.53. The van der Waals surface area contributed by atoms with Crippen LogP contribution in [0, 0.1) is 11.7 Å². The molecule has 0 spiro atoms. The van der Waals surface area contributed by atoms with E-state index in [-0.39, 0.29) is 5.82 Å². The standard InChI is InChI=1S/C19H28FNO/c1-22-19-14-21(18-5-3-2-4-6-18)12-11-16(19)13-15-7-9-17(20)10-8-15/h7-10,16,18-19H,2-6,11-14H2,1H3/t16-,19-/m1/s1. The number of hydrogen-bond donors (Lipinski definition) is 0. The number of halogens is 1. The van der Waals surface area contributed by atoms with E-state index < -0.39 is 0 Å². The van der Waals surface area contributed by atoms with Gasteiger partial charge in [0.1, 0.15) is 5.82 Å². The Morgan fingerprint density at radius 3 is 2.50 bits per heavy atom. The zero-order valence-corrected chi connectivity index (χ0v) is 13.6. The average Bonchev–Trinajstić information content (AvgIpc) is 2.58. The van der Waals surface area contributed by atoms with Gasteiger partial charge in [-0.1, -0.05) is 31.4 Å². The van der Waals surface area contributed by atoms with Crippen molar-refractivity contribution in [2.75, 3.05) is 20.2 Å². The van der Waals surface area contributed by atoms with Gasteiger partial charge < -0.3 is 4.74 Å². The lowest BCUT2D eigenvalue weighted by Gasteiger charge is -2.43. The van der Waals surface area contributed by atoms with Crippen molar-refractivity contribution in [1.82, 2.24) is 4.90 Å². The smallest absolute Gasteiger partial charge is 0.123 e. The lowest BCUT2D eigenvalue weighted by atomic mass is 9.85. The molecule has 1 aliphatic heterocycles. The molecule has 0 amide bonds. The molecule has 22 heavy (non-hydrogen) atoms. The number of piperidine rings is 1. The molecule has 2 fully saturated rings. The van der Waals surface area contributed by atoms with E-state index in [4.69, 9.17) is 4.74 Å². The zero-order valence-electron chi connectivity index (χ0n) is 13.6. The Labute approximate surface area is 133 Å². The molecular formula is C19H28FNO. The SMILES string of the molecule is CO[C@@H]1CN(C2CCCCC2)CC[C@@H]1Cc1ccc(F)cc1. The highest BCUT2D eigenvalue weighted by Crippen LogP contribution is 2.30. The van der Waals surface area contributed by atoms with Gasteiger partial charge in [0.25, 0.3) is 0 Å². The third kappa shape index (κ3) is 3.88. The van der Waals surface area contributed by atoms with Crippen molar-refractivity contribution < 1.29 is 9.13 Å². The second-order valence-corrected chi connectivity index (χ2v) is 6.94. The summed E-state index contributed by atoms with van der Waals surface area (Å²) in [7, 11) is 1.84. The predicted molar refractivity (Wildman–Crippen MR) is 87.5 cm³/mol. The number of benzene rings is 1. The number of ether oxygens (including phenoxy) is 1. The molecule has 2 nitrogen and oxygen atoms in total. The molecule has 2 atom stereocenters. The van der Waals surface area contributed by atoms with E-state index in [1.54, 1.807) is 12.1 Å². The maximum atomic E-state index is 13.0. The molecule has 0 bridgehead atoms. The zero-order chi connectivity index (χ0) is 15.4. The highest BCUT2D eigenvalue weighted by molar-refractivity contribution is 5.17. The van der Waals surface area contributed by atoms with Crippen LogP contribution in [-0.2, 0) is 11.2 Å². The summed E-state index contributed by atoms with van der Waals surface area (Å²) in [6.07, 6.45) is 9.39. The van der Waals surface area contributed by atoms with E-state index in [1.807, 2.05) is 19.2 Å². The molecule has 1 aromatic rings. The topological polar surface area (TPSA) is 12.5 Å². The largest absolute Gasteiger partial charge is 0.380 e. The van der Waals surface area contributed by atoms with Crippen LogP contribution in [0.5, 0.6) is 0 Å². The third-order valence-electron chi connectivity index (χ3n) is 5.53. The van der Waals surface area contributed by atoms with Crippen molar-refractivity contribution in [3.8, 4) is 0 Å². The molecule has 0 unspecified atom stereocenters. The Morgan fingerprint density at radius 2 is 1.82 bits per heavy atom. The summed E-state index contributed by atoms with van der Waals surface area (Å²) >= 11 is 0. The van der Waals surface area contributed by atoms with E-state index >= 15 is 0 Å². The highest BCUT2D eigenvalue weighted by atomic mass is 19.1. The number of methoxy groups -OCH3 is 1. The maximum absolute atomic E-state index is 13.0. The van der Waals surface area contributed by atoms with Gasteiger partial charge in [0.05, 0.1) is 6.10 Å². The Balaban J connectivity index is 1.58. The first-order valence-electron chi connectivity index (χ1n) is 8.77. The Kier molecular flexibility index (Phi) is 5.48. The minimum Gasteiger partial charge on any atom is -0.380 e. The molecule has 2 aliphatic rings. The molecule has 0 N–H and O–H groups in total. The number of nitrogens with zero attached hydrogens (tertiary/aromatic N) is 1. The maximum Gasteiger partial charge on any atom is 0.123 e. The average molecular weight is 305 g/mol. The van der Waals surface area contributed by atoms with Crippen molar-refractivity contribution in [3.05, 3.63) is 35.6 Å². The molecule has 1 saturated carbocycles. The molecule has 3 rings (SSSR count). The number of likely N-dealkylation sites (tertiary alicyclic amines) is 1. The molecule has 122 valence electrons. The van der Waals surface area contributed by atoms with Crippen LogP contribution >= 0.6 is 0 Å². The second-order valence-electron chi connectivity index (χ2n) is 6.94. The van der Waals surface area contributed by atoms with Gasteiger partial charge >= 0.3 is 0 Å². The molecule has 1 saturated heterocycles. The summed E-state index contributed by atoms with van der Waals surface area (Å²) < 4.78 is 18.8. The molecule has 0 radical (unpaired) electrons. The van der Waals surface area contributed by atoms with Crippen molar-refractivity contribution in [1.29, 1.82) is 0 Å². The van der Waals surface area contributed by atoms with Gasteiger partial charge in [-0.3, -0.25) is 4.90 Å². The predicted octanol–water partition coefficient (Wildman–Crippen LogP) is 4.04. The Hall–Kier alpha value is -0.930. The normalized spacial score (nSPS) is 27.9. The Morgan fingerprint density at radius 1 is 1.09 bits per heavy atom. The fraction of sp³-hybridized carbons (Fsp3) is 0.684. The summed E-state index contributed by atoms with van der Waals surface area (Å²) in [4.78, 5) is 2.66. The number of hydrogen-bond acceptors (Lipinski definition) is 2. The Bertz CT molecular complexity index is 455. The van der Waals surface area contributed by atoms with Crippen LogP contribution in [0.15, 0.2) is 24.3 Å². The summed E-state index contributed by atoms with van der Waals surface area (Å²) in [6.45, 7) is 2.25. The summed E-state index contributed by atoms with van der Waals surface area (Å²) in [5, 5.41) is 0. The van der Waals surface area contributed by atoms with Crippen LogP contribution < -0.4 is 0 Å². The first-order valence-corrected chi connectivity index (χ1v) is 8.77. The summed E-state index contributed by atoms with van der Waals surface area (Å²) in [5.74, 6) is 0.398. The summed E-state index contributed by atoms with van der Waals surface area (Å²) in [6, 6.07) is 7.73. The molecule has 3 heteroatoms. The number of rotatable bonds is 4. The quantitative estimate of drug-likeness (QED) is 0.832. The van der Waals surface area contributed by atoms with Crippen molar-refractivity contribution in [2.45, 2.75) is 57.1 Å². The highest BCUT2D eigenvalue weighted by Gasteiger charge is 2.32. The van der Waals surface area contributed by atoms with E-state index in [9.17, 15) is 4.39 Å². The van der Waals surface area contributed by atoms with Crippen LogP contribution in [0.3, 0.4) is 0 Å². The van der Waals surface area contributed by atoms with E-state index in [2.05, 4.69) is 4.90 Å². The molecule has 1 aliphatic carbocycles. The van der Waals surface area contributed by atoms with Crippen molar-refractivity contribution in [3.63, 3.8) is 0 Å². The second kappa shape index (κ2) is 7.56. The van der Waals surface area contributed by atoms with Gasteiger partial charge in [0, 0.05) is 19.7 Å². The van der Waals surface area contributed by atoms with Crippen LogP contribution in [0.1, 0.15) is 44.1 Å². The lowest BCUT2D eigenvalue weighted by molar-refractivity contribution is -0.0294. The van der Waals surface area contributed by atoms with Gasteiger partial charge in [-0.25, -0.2) is 4.39 Å². The van der Waals surface area contributed by atoms with Crippen molar-refractivity contribution >= 4 is 0 Å². The van der Waals surface area contributed by atoms with Gasteiger partial charge in [0.15, 0.2) is 0 Å². The van der Waals surface area contributed by atoms with Gasteiger partial charge in [-0.2, -0.15) is 0 Å².